The van der Waals surface area contributed by atoms with Crippen molar-refractivity contribution in [2.45, 2.75) is 38.5 Å². The van der Waals surface area contributed by atoms with Gasteiger partial charge in [0, 0.05) is 44.0 Å². The third kappa shape index (κ3) is 2.92. The number of hydrogen-bond acceptors (Lipinski definition) is 5. The smallest absolute Gasteiger partial charge is 0.139 e. The Morgan fingerprint density at radius 2 is 2.45 bits per heavy atom. The van der Waals surface area contributed by atoms with Crippen molar-refractivity contribution in [3.63, 3.8) is 0 Å². The number of imidazole rings is 1. The van der Waals surface area contributed by atoms with Crippen molar-refractivity contribution in [3.8, 4) is 0 Å². The van der Waals surface area contributed by atoms with Crippen LogP contribution in [0.4, 0.5) is 0 Å². The van der Waals surface area contributed by atoms with Crippen LogP contribution >= 0.6 is 11.3 Å². The van der Waals surface area contributed by atoms with E-state index in [4.69, 9.17) is 4.74 Å². The molecule has 108 valence electrons. The molecule has 0 spiro atoms. The summed E-state index contributed by atoms with van der Waals surface area (Å²) in [6.07, 6.45) is 6.03. The lowest BCUT2D eigenvalue weighted by Gasteiger charge is -2.31. The number of thiazole rings is 1. The Morgan fingerprint density at radius 3 is 3.15 bits per heavy atom. The summed E-state index contributed by atoms with van der Waals surface area (Å²) < 4.78 is 7.99. The van der Waals surface area contributed by atoms with Gasteiger partial charge in [0.25, 0.3) is 0 Å². The molecule has 2 aromatic heterocycles. The van der Waals surface area contributed by atoms with E-state index in [-0.39, 0.29) is 6.10 Å². The van der Waals surface area contributed by atoms with Crippen molar-refractivity contribution in [3.05, 3.63) is 34.3 Å². The van der Waals surface area contributed by atoms with Crippen LogP contribution in [-0.2, 0) is 18.3 Å². The van der Waals surface area contributed by atoms with Gasteiger partial charge < -0.3 is 14.6 Å². The summed E-state index contributed by atoms with van der Waals surface area (Å²) >= 11 is 1.69. The van der Waals surface area contributed by atoms with Crippen LogP contribution in [0.15, 0.2) is 17.8 Å². The van der Waals surface area contributed by atoms with Gasteiger partial charge >= 0.3 is 0 Å². The maximum absolute atomic E-state index is 5.95. The molecule has 2 atom stereocenters. The van der Waals surface area contributed by atoms with E-state index in [0.29, 0.717) is 6.04 Å². The molecule has 0 amide bonds. The quantitative estimate of drug-likeness (QED) is 0.938. The molecular weight excluding hydrogens is 272 g/mol. The Labute approximate surface area is 123 Å². The molecule has 6 heteroatoms. The predicted octanol–water partition coefficient (Wildman–Crippen LogP) is 2.19. The molecule has 0 radical (unpaired) electrons. The molecule has 0 aromatic carbocycles. The summed E-state index contributed by atoms with van der Waals surface area (Å²) in [4.78, 5) is 8.93. The van der Waals surface area contributed by atoms with Crippen molar-refractivity contribution >= 4 is 11.3 Å². The van der Waals surface area contributed by atoms with Crippen LogP contribution in [0, 0.1) is 6.92 Å². The number of aryl methyl sites for hydroxylation is 2. The molecule has 0 aliphatic carbocycles. The maximum Gasteiger partial charge on any atom is 0.139 e. The summed E-state index contributed by atoms with van der Waals surface area (Å²) in [5.74, 6) is 0.997. The first-order valence-electron chi connectivity index (χ1n) is 6.97. The molecule has 0 saturated carbocycles. The molecule has 1 fully saturated rings. The van der Waals surface area contributed by atoms with E-state index in [1.807, 2.05) is 30.9 Å². The second kappa shape index (κ2) is 6.03. The first kappa shape index (κ1) is 13.7. The van der Waals surface area contributed by atoms with Gasteiger partial charge in [-0.2, -0.15) is 0 Å². The second-order valence-electron chi connectivity index (χ2n) is 5.18. The Balaban J connectivity index is 1.68. The van der Waals surface area contributed by atoms with E-state index in [1.54, 1.807) is 11.3 Å². The van der Waals surface area contributed by atoms with Gasteiger partial charge in [-0.25, -0.2) is 9.97 Å². The molecule has 1 N–H and O–H groups in total. The van der Waals surface area contributed by atoms with E-state index < -0.39 is 0 Å². The standard InChI is InChI=1S/C14H20N4OS/c1-10-17-11(9-20-10)8-16-12-4-3-7-19-13(12)14-15-5-6-18(14)2/h5-6,9,12-13,16H,3-4,7-8H2,1-2H3/t12-,13-/m0/s1. The Kier molecular flexibility index (Phi) is 4.14. The normalized spacial score (nSPS) is 23.1. The van der Waals surface area contributed by atoms with Gasteiger partial charge in [-0.3, -0.25) is 0 Å². The fourth-order valence-corrected chi connectivity index (χ4v) is 3.23. The first-order valence-corrected chi connectivity index (χ1v) is 7.85. The number of hydrogen-bond donors (Lipinski definition) is 1. The third-order valence-electron chi connectivity index (χ3n) is 3.65. The van der Waals surface area contributed by atoms with Gasteiger partial charge in [0.1, 0.15) is 11.9 Å². The molecule has 3 heterocycles. The molecule has 1 aliphatic rings. The average molecular weight is 292 g/mol. The van der Waals surface area contributed by atoms with E-state index in [0.717, 1.165) is 42.5 Å². The van der Waals surface area contributed by atoms with E-state index in [1.165, 1.54) is 0 Å². The Hall–Kier alpha value is -1.24. The SMILES string of the molecule is Cc1nc(CN[C@H]2CCCO[C@@H]2c2nccn2C)cs1. The molecule has 3 rings (SSSR count). The van der Waals surface area contributed by atoms with Crippen molar-refractivity contribution in [2.75, 3.05) is 6.61 Å². The van der Waals surface area contributed by atoms with Crippen molar-refractivity contribution in [2.24, 2.45) is 7.05 Å². The summed E-state index contributed by atoms with van der Waals surface area (Å²) in [5, 5.41) is 6.81. The van der Waals surface area contributed by atoms with Crippen molar-refractivity contribution < 1.29 is 4.74 Å². The zero-order chi connectivity index (χ0) is 13.9. The van der Waals surface area contributed by atoms with Crippen LogP contribution in [0.1, 0.15) is 35.5 Å². The largest absolute Gasteiger partial charge is 0.369 e. The summed E-state index contributed by atoms with van der Waals surface area (Å²) in [5.41, 5.74) is 1.11. The highest BCUT2D eigenvalue weighted by Gasteiger charge is 2.29. The highest BCUT2D eigenvalue weighted by molar-refractivity contribution is 7.09. The summed E-state index contributed by atoms with van der Waals surface area (Å²) in [7, 11) is 2.02. The average Bonchev–Trinajstić information content (AvgIpc) is 3.05. The van der Waals surface area contributed by atoms with Gasteiger partial charge in [-0.15, -0.1) is 11.3 Å². The fourth-order valence-electron chi connectivity index (χ4n) is 2.62. The molecule has 2 aromatic rings. The highest BCUT2D eigenvalue weighted by Crippen LogP contribution is 2.27. The molecule has 0 bridgehead atoms. The summed E-state index contributed by atoms with van der Waals surface area (Å²) in [6, 6.07) is 0.298. The predicted molar refractivity (Wildman–Crippen MR) is 78.6 cm³/mol. The second-order valence-corrected chi connectivity index (χ2v) is 6.24. The number of ether oxygens (including phenoxy) is 1. The lowest BCUT2D eigenvalue weighted by molar-refractivity contribution is -0.0179. The Morgan fingerprint density at radius 1 is 1.55 bits per heavy atom. The van der Waals surface area contributed by atoms with E-state index in [2.05, 4.69) is 20.7 Å². The monoisotopic (exact) mass is 292 g/mol. The molecule has 1 aliphatic heterocycles. The maximum atomic E-state index is 5.95. The van der Waals surface area contributed by atoms with E-state index >= 15 is 0 Å². The van der Waals surface area contributed by atoms with Gasteiger partial charge in [0.2, 0.25) is 0 Å². The van der Waals surface area contributed by atoms with Crippen LogP contribution in [0.3, 0.4) is 0 Å². The summed E-state index contributed by atoms with van der Waals surface area (Å²) in [6.45, 7) is 3.64. The van der Waals surface area contributed by atoms with Crippen LogP contribution in [0.25, 0.3) is 0 Å². The lowest BCUT2D eigenvalue weighted by atomic mass is 10.0. The number of rotatable bonds is 4. The van der Waals surface area contributed by atoms with Gasteiger partial charge in [-0.05, 0) is 19.8 Å². The zero-order valence-corrected chi connectivity index (χ0v) is 12.7. The number of nitrogens with zero attached hydrogens (tertiary/aromatic N) is 3. The highest BCUT2D eigenvalue weighted by atomic mass is 32.1. The molecule has 1 saturated heterocycles. The minimum atomic E-state index is 0.0310. The van der Waals surface area contributed by atoms with Crippen molar-refractivity contribution in [1.29, 1.82) is 0 Å². The minimum Gasteiger partial charge on any atom is -0.369 e. The minimum absolute atomic E-state index is 0.0310. The third-order valence-corrected chi connectivity index (χ3v) is 4.47. The topological polar surface area (TPSA) is 52.0 Å². The van der Waals surface area contributed by atoms with Crippen LogP contribution in [0.2, 0.25) is 0 Å². The zero-order valence-electron chi connectivity index (χ0n) is 11.9. The van der Waals surface area contributed by atoms with Crippen LogP contribution in [0.5, 0.6) is 0 Å². The number of nitrogens with one attached hydrogen (secondary N) is 1. The molecule has 20 heavy (non-hydrogen) atoms. The molecule has 5 nitrogen and oxygen atoms in total. The van der Waals surface area contributed by atoms with E-state index in [9.17, 15) is 0 Å². The number of aromatic nitrogens is 3. The fraction of sp³-hybridized carbons (Fsp3) is 0.571. The van der Waals surface area contributed by atoms with Gasteiger partial charge in [0.05, 0.1) is 10.7 Å². The van der Waals surface area contributed by atoms with Gasteiger partial charge in [-0.1, -0.05) is 0 Å². The Bertz CT molecular complexity index is 565. The van der Waals surface area contributed by atoms with Gasteiger partial charge in [0.15, 0.2) is 0 Å². The van der Waals surface area contributed by atoms with Crippen LogP contribution < -0.4 is 5.32 Å². The first-order chi connectivity index (χ1) is 9.74. The lowest BCUT2D eigenvalue weighted by Crippen LogP contribution is -2.40. The van der Waals surface area contributed by atoms with Crippen LogP contribution in [-0.4, -0.2) is 27.2 Å². The molecular formula is C14H20N4OS. The van der Waals surface area contributed by atoms with Crippen molar-refractivity contribution in [1.82, 2.24) is 19.9 Å². The molecule has 0 unspecified atom stereocenters.